The van der Waals surface area contributed by atoms with Crippen LogP contribution in [0, 0.1) is 12.7 Å². The number of benzene rings is 1. The largest absolute Gasteiger partial charge is 0.345 e. The summed E-state index contributed by atoms with van der Waals surface area (Å²) in [4.78, 5) is 27.3. The first kappa shape index (κ1) is 21.9. The molecule has 1 aromatic carbocycles. The summed E-state index contributed by atoms with van der Waals surface area (Å²) in [5.41, 5.74) is 2.81. The van der Waals surface area contributed by atoms with Gasteiger partial charge < -0.3 is 14.4 Å². The summed E-state index contributed by atoms with van der Waals surface area (Å²) in [6, 6.07) is 3.46. The molecule has 28 heavy (non-hydrogen) atoms. The van der Waals surface area contributed by atoms with E-state index in [-0.39, 0.29) is 23.5 Å². The van der Waals surface area contributed by atoms with Crippen LogP contribution in [0.15, 0.2) is 12.1 Å². The number of aromatic nitrogens is 1. The summed E-state index contributed by atoms with van der Waals surface area (Å²) in [5, 5.41) is 0.479. The maximum atomic E-state index is 15.4. The third-order valence-electron chi connectivity index (χ3n) is 5.37. The van der Waals surface area contributed by atoms with Crippen LogP contribution in [-0.2, 0) is 11.8 Å². The lowest BCUT2D eigenvalue weighted by molar-refractivity contribution is -0.130. The average Bonchev–Trinajstić information content (AvgIpc) is 2.93. The molecule has 1 atom stereocenters. The first-order chi connectivity index (χ1) is 13.2. The Bertz CT molecular complexity index is 886. The zero-order valence-corrected chi connectivity index (χ0v) is 18.1. The Morgan fingerprint density at radius 1 is 1.21 bits per heavy atom. The Morgan fingerprint density at radius 3 is 2.43 bits per heavy atom. The predicted molar refractivity (Wildman–Crippen MR) is 111 cm³/mol. The van der Waals surface area contributed by atoms with Crippen molar-refractivity contribution >= 4 is 22.7 Å². The SMILES string of the molecule is CC.CC(=O)N1CCCC(c2c(F)c3cc(C(=O)N(C)C)cc(C)c3n2C)C1. The van der Waals surface area contributed by atoms with Crippen molar-refractivity contribution in [1.29, 1.82) is 0 Å². The summed E-state index contributed by atoms with van der Waals surface area (Å²) in [6.45, 7) is 8.74. The van der Waals surface area contributed by atoms with E-state index in [0.29, 0.717) is 23.2 Å². The van der Waals surface area contributed by atoms with Gasteiger partial charge in [-0.1, -0.05) is 13.8 Å². The normalized spacial score (nSPS) is 16.6. The number of amides is 2. The van der Waals surface area contributed by atoms with Crippen molar-refractivity contribution < 1.29 is 14.0 Å². The molecule has 2 heterocycles. The van der Waals surface area contributed by atoms with Gasteiger partial charge in [-0.2, -0.15) is 0 Å². The molecule has 5 nitrogen and oxygen atoms in total. The molecular weight excluding hydrogens is 357 g/mol. The molecule has 1 unspecified atom stereocenters. The average molecular weight is 390 g/mol. The molecule has 1 aliphatic heterocycles. The molecular formula is C22H32FN3O2. The lowest BCUT2D eigenvalue weighted by atomic mass is 9.94. The highest BCUT2D eigenvalue weighted by Gasteiger charge is 2.29. The second-order valence-corrected chi connectivity index (χ2v) is 7.45. The van der Waals surface area contributed by atoms with Crippen molar-refractivity contribution in [3.63, 3.8) is 0 Å². The molecule has 154 valence electrons. The lowest BCUT2D eigenvalue weighted by Gasteiger charge is -2.32. The van der Waals surface area contributed by atoms with Gasteiger partial charge in [0.2, 0.25) is 5.91 Å². The minimum Gasteiger partial charge on any atom is -0.345 e. The second kappa shape index (κ2) is 8.76. The number of carbonyl (C=O) groups is 2. The highest BCUT2D eigenvalue weighted by Crippen LogP contribution is 2.36. The number of piperidine rings is 1. The summed E-state index contributed by atoms with van der Waals surface area (Å²) in [7, 11) is 5.24. The van der Waals surface area contributed by atoms with Crippen molar-refractivity contribution in [2.75, 3.05) is 27.2 Å². The molecule has 1 saturated heterocycles. The molecule has 1 aromatic heterocycles. The number of nitrogens with zero attached hydrogens (tertiary/aromatic N) is 3. The quantitative estimate of drug-likeness (QED) is 0.777. The van der Waals surface area contributed by atoms with Crippen LogP contribution in [0.5, 0.6) is 0 Å². The van der Waals surface area contributed by atoms with Gasteiger partial charge in [0.1, 0.15) is 0 Å². The number of aryl methyl sites for hydroxylation is 2. The minimum atomic E-state index is -0.269. The van der Waals surface area contributed by atoms with E-state index in [1.54, 1.807) is 32.0 Å². The van der Waals surface area contributed by atoms with Crippen LogP contribution in [0.1, 0.15) is 61.1 Å². The monoisotopic (exact) mass is 389 g/mol. The lowest BCUT2D eigenvalue weighted by Crippen LogP contribution is -2.38. The molecule has 0 spiro atoms. The summed E-state index contributed by atoms with van der Waals surface area (Å²) in [6.07, 6.45) is 1.72. The predicted octanol–water partition coefficient (Wildman–Crippen LogP) is 4.08. The van der Waals surface area contributed by atoms with Crippen LogP contribution in [0.4, 0.5) is 4.39 Å². The maximum Gasteiger partial charge on any atom is 0.253 e. The molecule has 1 aliphatic rings. The number of carbonyl (C=O) groups excluding carboxylic acids is 2. The van der Waals surface area contributed by atoms with E-state index in [9.17, 15) is 9.59 Å². The summed E-state index contributed by atoms with van der Waals surface area (Å²) < 4.78 is 17.3. The topological polar surface area (TPSA) is 45.6 Å². The van der Waals surface area contributed by atoms with Crippen molar-refractivity contribution in [1.82, 2.24) is 14.4 Å². The number of hydrogen-bond acceptors (Lipinski definition) is 2. The molecule has 0 bridgehead atoms. The fraction of sp³-hybridized carbons (Fsp3) is 0.545. The van der Waals surface area contributed by atoms with Crippen molar-refractivity contribution in [2.45, 2.75) is 46.5 Å². The number of likely N-dealkylation sites (tertiary alicyclic amines) is 1. The molecule has 1 fully saturated rings. The Morgan fingerprint density at radius 2 is 1.86 bits per heavy atom. The van der Waals surface area contributed by atoms with Crippen LogP contribution in [0.3, 0.4) is 0 Å². The van der Waals surface area contributed by atoms with Crippen molar-refractivity contribution in [3.8, 4) is 0 Å². The van der Waals surface area contributed by atoms with Crippen LogP contribution < -0.4 is 0 Å². The second-order valence-electron chi connectivity index (χ2n) is 7.45. The molecule has 3 rings (SSSR count). The zero-order chi connectivity index (χ0) is 21.2. The van der Waals surface area contributed by atoms with E-state index in [0.717, 1.165) is 30.5 Å². The van der Waals surface area contributed by atoms with Gasteiger partial charge in [-0.05, 0) is 37.5 Å². The minimum absolute atomic E-state index is 0.0301. The number of halogens is 1. The van der Waals surface area contributed by atoms with Crippen LogP contribution in [0.25, 0.3) is 10.9 Å². The molecule has 2 aromatic rings. The Kier molecular flexibility index (Phi) is 6.86. The first-order valence-corrected chi connectivity index (χ1v) is 9.98. The molecule has 0 N–H and O–H groups in total. The van der Waals surface area contributed by atoms with Gasteiger partial charge >= 0.3 is 0 Å². The fourth-order valence-corrected chi connectivity index (χ4v) is 4.12. The van der Waals surface area contributed by atoms with Gasteiger partial charge in [0.15, 0.2) is 5.82 Å². The Labute approximate surface area is 167 Å². The number of rotatable bonds is 2. The van der Waals surface area contributed by atoms with Crippen molar-refractivity contribution in [2.24, 2.45) is 7.05 Å². The summed E-state index contributed by atoms with van der Waals surface area (Å²) >= 11 is 0. The zero-order valence-electron chi connectivity index (χ0n) is 18.1. The van der Waals surface area contributed by atoms with Crippen LogP contribution >= 0.6 is 0 Å². The highest BCUT2D eigenvalue weighted by molar-refractivity contribution is 5.99. The van der Waals surface area contributed by atoms with Gasteiger partial charge in [0.25, 0.3) is 5.91 Å². The maximum absolute atomic E-state index is 15.4. The van der Waals surface area contributed by atoms with Crippen molar-refractivity contribution in [3.05, 3.63) is 34.8 Å². The van der Waals surface area contributed by atoms with Gasteiger partial charge in [-0.15, -0.1) is 0 Å². The molecule has 0 radical (unpaired) electrons. The number of hydrogen-bond donors (Lipinski definition) is 0. The van der Waals surface area contributed by atoms with Gasteiger partial charge in [0.05, 0.1) is 11.2 Å². The van der Waals surface area contributed by atoms with Gasteiger partial charge in [0, 0.05) is 58.0 Å². The Hall–Kier alpha value is -2.37. The molecule has 2 amide bonds. The van der Waals surface area contributed by atoms with E-state index in [4.69, 9.17) is 0 Å². The first-order valence-electron chi connectivity index (χ1n) is 9.98. The standard InChI is InChI=1S/C20H26FN3O2.C2H6/c1-12-9-15(20(26)22(3)4)10-16-17(21)19(23(5)18(12)16)14-7-6-8-24(11-14)13(2)25;1-2/h9-10,14H,6-8,11H2,1-5H3;1-2H3. The van der Waals surface area contributed by atoms with Crippen LogP contribution in [-0.4, -0.2) is 53.4 Å². The highest BCUT2D eigenvalue weighted by atomic mass is 19.1. The molecule has 0 saturated carbocycles. The summed E-state index contributed by atoms with van der Waals surface area (Å²) in [5.74, 6) is -0.406. The fourth-order valence-electron chi connectivity index (χ4n) is 4.12. The smallest absolute Gasteiger partial charge is 0.253 e. The van der Waals surface area contributed by atoms with Crippen LogP contribution in [0.2, 0.25) is 0 Å². The van der Waals surface area contributed by atoms with E-state index in [1.807, 2.05) is 38.5 Å². The van der Waals surface area contributed by atoms with E-state index in [1.165, 1.54) is 4.90 Å². The van der Waals surface area contributed by atoms with E-state index in [2.05, 4.69) is 0 Å². The Balaban J connectivity index is 0.00000136. The molecule has 0 aliphatic carbocycles. The molecule has 6 heteroatoms. The van der Waals surface area contributed by atoms with E-state index >= 15 is 4.39 Å². The van der Waals surface area contributed by atoms with E-state index < -0.39 is 0 Å². The van der Waals surface area contributed by atoms with Gasteiger partial charge in [-0.25, -0.2) is 4.39 Å². The third-order valence-corrected chi connectivity index (χ3v) is 5.37. The number of fused-ring (bicyclic) bond motifs is 1. The van der Waals surface area contributed by atoms with Gasteiger partial charge in [-0.3, -0.25) is 9.59 Å². The third kappa shape index (κ3) is 3.91.